The molecule has 11 heteroatoms. The van der Waals surface area contributed by atoms with Gasteiger partial charge < -0.3 is 4.90 Å². The molecule has 176 valence electrons. The molecule has 33 heavy (non-hydrogen) atoms. The molecule has 1 aliphatic heterocycles. The van der Waals surface area contributed by atoms with Gasteiger partial charge in [0.05, 0.1) is 26.1 Å². The average Bonchev–Trinajstić information content (AvgIpc) is 3.22. The van der Waals surface area contributed by atoms with E-state index in [9.17, 15) is 18.5 Å². The van der Waals surface area contributed by atoms with Gasteiger partial charge in [0.25, 0.3) is 5.69 Å². The largest absolute Gasteiger partial charge is 0.363 e. The lowest BCUT2D eigenvalue weighted by Crippen LogP contribution is -2.47. The number of rotatable bonds is 7. The van der Waals surface area contributed by atoms with Crippen LogP contribution in [0.3, 0.4) is 0 Å². The Bertz CT molecular complexity index is 1230. The van der Waals surface area contributed by atoms with Crippen LogP contribution in [0, 0.1) is 10.1 Å². The van der Waals surface area contributed by atoms with Crippen molar-refractivity contribution in [3.05, 3.63) is 57.6 Å². The number of sulfonamides is 1. The highest BCUT2D eigenvalue weighted by Gasteiger charge is 2.29. The fourth-order valence-electron chi connectivity index (χ4n) is 4.04. The van der Waals surface area contributed by atoms with Gasteiger partial charge in [0, 0.05) is 38.3 Å². The molecular weight excluding hydrogens is 462 g/mol. The molecule has 0 spiro atoms. The highest BCUT2D eigenvalue weighted by molar-refractivity contribution is 7.89. The number of aromatic nitrogens is 1. The van der Waals surface area contributed by atoms with Crippen molar-refractivity contribution in [1.82, 2.24) is 14.6 Å². The fraction of sp³-hybridized carbons (Fsp3) is 0.409. The van der Waals surface area contributed by atoms with Gasteiger partial charge >= 0.3 is 0 Å². The Kier molecular flexibility index (Phi) is 6.66. The molecule has 1 saturated heterocycles. The topological polar surface area (TPSA) is 109 Å². The van der Waals surface area contributed by atoms with Crippen LogP contribution in [-0.2, 0) is 10.0 Å². The van der Waals surface area contributed by atoms with Gasteiger partial charge in [-0.15, -0.1) is 11.3 Å². The maximum atomic E-state index is 12.5. The first-order chi connectivity index (χ1) is 15.7. The van der Waals surface area contributed by atoms with Crippen molar-refractivity contribution >= 4 is 43.0 Å². The third-order valence-corrected chi connectivity index (χ3v) is 8.58. The molecule has 1 unspecified atom stereocenters. The maximum Gasteiger partial charge on any atom is 0.293 e. The minimum absolute atomic E-state index is 0.102. The quantitative estimate of drug-likeness (QED) is 0.397. The fourth-order valence-corrected chi connectivity index (χ4v) is 6.36. The Morgan fingerprint density at radius 3 is 2.42 bits per heavy atom. The molecule has 9 nitrogen and oxygen atoms in total. The van der Waals surface area contributed by atoms with Crippen molar-refractivity contribution in [3.63, 3.8) is 0 Å². The van der Waals surface area contributed by atoms with E-state index in [1.54, 1.807) is 31.3 Å². The monoisotopic (exact) mass is 489 g/mol. The molecule has 2 heterocycles. The van der Waals surface area contributed by atoms with Crippen LogP contribution in [0.25, 0.3) is 10.2 Å². The third-order valence-electron chi connectivity index (χ3n) is 5.72. The maximum absolute atomic E-state index is 12.5. The molecule has 0 aliphatic carbocycles. The number of fused-ring (bicyclic) bond motifs is 1. The lowest BCUT2D eigenvalue weighted by Gasteiger charge is -2.38. The van der Waals surface area contributed by atoms with Crippen molar-refractivity contribution in [2.24, 2.45) is 0 Å². The van der Waals surface area contributed by atoms with Gasteiger partial charge in [-0.1, -0.05) is 12.1 Å². The predicted molar refractivity (Wildman–Crippen MR) is 130 cm³/mol. The molecular formula is C22H27N5O4S2. The molecule has 0 radical (unpaired) electrons. The summed E-state index contributed by atoms with van der Waals surface area (Å²) < 4.78 is 28.6. The van der Waals surface area contributed by atoms with Crippen LogP contribution in [-0.4, -0.2) is 55.4 Å². The zero-order valence-corrected chi connectivity index (χ0v) is 20.4. The lowest BCUT2D eigenvalue weighted by atomic mass is 10.2. The Hall–Kier alpha value is -2.60. The van der Waals surface area contributed by atoms with Crippen LogP contribution < -0.4 is 9.62 Å². The molecule has 0 saturated carbocycles. The van der Waals surface area contributed by atoms with Crippen LogP contribution in [0.4, 0.5) is 11.4 Å². The zero-order valence-electron chi connectivity index (χ0n) is 18.8. The number of benzene rings is 2. The Labute approximate surface area is 197 Å². The number of piperazine rings is 1. The zero-order chi connectivity index (χ0) is 23.8. The highest BCUT2D eigenvalue weighted by Crippen LogP contribution is 2.34. The average molecular weight is 490 g/mol. The summed E-state index contributed by atoms with van der Waals surface area (Å²) in [5.74, 6) is 0. The van der Waals surface area contributed by atoms with Gasteiger partial charge in [-0.2, -0.15) is 0 Å². The second-order valence-corrected chi connectivity index (χ2v) is 11.2. The summed E-state index contributed by atoms with van der Waals surface area (Å²) in [4.78, 5) is 20.2. The summed E-state index contributed by atoms with van der Waals surface area (Å²) in [6, 6.07) is 12.0. The second-order valence-electron chi connectivity index (χ2n) is 8.40. The standard InChI is InChI=1S/C22H27N5O4S2/c1-15(2)24-33(30,31)17-8-9-19(20(14-17)27(28)29)26-12-10-25(11-13-26)16(3)22-23-18-6-4-5-7-21(18)32-22/h4-9,14-16,24H,10-13H2,1-3H3. The highest BCUT2D eigenvalue weighted by atomic mass is 32.2. The number of para-hydroxylation sites is 1. The van der Waals surface area contributed by atoms with Crippen molar-refractivity contribution in [2.45, 2.75) is 37.8 Å². The molecule has 3 aromatic rings. The first-order valence-electron chi connectivity index (χ1n) is 10.8. The molecule has 1 aliphatic rings. The van der Waals surface area contributed by atoms with Crippen LogP contribution >= 0.6 is 11.3 Å². The number of nitrogens with zero attached hydrogens (tertiary/aromatic N) is 4. The summed E-state index contributed by atoms with van der Waals surface area (Å²) in [7, 11) is -3.81. The Balaban J connectivity index is 1.50. The van der Waals surface area contributed by atoms with E-state index < -0.39 is 14.9 Å². The van der Waals surface area contributed by atoms with Crippen molar-refractivity contribution < 1.29 is 13.3 Å². The van der Waals surface area contributed by atoms with E-state index in [1.807, 2.05) is 23.1 Å². The van der Waals surface area contributed by atoms with Crippen LogP contribution in [0.15, 0.2) is 47.4 Å². The van der Waals surface area contributed by atoms with E-state index in [4.69, 9.17) is 4.98 Å². The van der Waals surface area contributed by atoms with Gasteiger partial charge in [0.1, 0.15) is 10.7 Å². The minimum Gasteiger partial charge on any atom is -0.363 e. The molecule has 4 rings (SSSR count). The van der Waals surface area contributed by atoms with Crippen molar-refractivity contribution in [2.75, 3.05) is 31.1 Å². The third kappa shape index (κ3) is 5.01. The molecule has 2 aromatic carbocycles. The smallest absolute Gasteiger partial charge is 0.293 e. The number of hydrogen-bond donors (Lipinski definition) is 1. The predicted octanol–water partition coefficient (Wildman–Crippen LogP) is 3.77. The first-order valence-corrected chi connectivity index (χ1v) is 13.1. The van der Waals surface area contributed by atoms with Crippen LogP contribution in [0.1, 0.15) is 31.8 Å². The van der Waals surface area contributed by atoms with Gasteiger partial charge in [-0.3, -0.25) is 15.0 Å². The number of hydrogen-bond acceptors (Lipinski definition) is 8. The van der Waals surface area contributed by atoms with Gasteiger partial charge in [-0.25, -0.2) is 18.1 Å². The van der Waals surface area contributed by atoms with E-state index in [2.05, 4.69) is 22.6 Å². The molecule has 1 atom stereocenters. The minimum atomic E-state index is -3.81. The Morgan fingerprint density at radius 1 is 1.09 bits per heavy atom. The van der Waals surface area contributed by atoms with E-state index >= 15 is 0 Å². The van der Waals surface area contributed by atoms with E-state index in [0.717, 1.165) is 34.4 Å². The lowest BCUT2D eigenvalue weighted by molar-refractivity contribution is -0.384. The molecule has 1 N–H and O–H groups in total. The molecule has 0 amide bonds. The number of thiazole rings is 1. The number of nitro benzene ring substituents is 1. The van der Waals surface area contributed by atoms with Gasteiger partial charge in [0.15, 0.2) is 0 Å². The van der Waals surface area contributed by atoms with Gasteiger partial charge in [-0.05, 0) is 45.0 Å². The molecule has 1 fully saturated rings. The summed E-state index contributed by atoms with van der Waals surface area (Å²) in [6.07, 6.45) is 0. The number of nitrogens with one attached hydrogen (secondary N) is 1. The second kappa shape index (κ2) is 9.34. The summed E-state index contributed by atoms with van der Waals surface area (Å²) >= 11 is 1.69. The van der Waals surface area contributed by atoms with E-state index in [-0.39, 0.29) is 22.7 Å². The number of nitro groups is 1. The normalized spacial score (nSPS) is 16.4. The van der Waals surface area contributed by atoms with E-state index in [0.29, 0.717) is 18.8 Å². The SMILES string of the molecule is CC(C)NS(=O)(=O)c1ccc(N2CCN(C(C)c3nc4ccccc4s3)CC2)c([N+](=O)[O-])c1. The summed E-state index contributed by atoms with van der Waals surface area (Å²) in [5, 5.41) is 12.8. The van der Waals surface area contributed by atoms with Gasteiger partial charge in [0.2, 0.25) is 10.0 Å². The summed E-state index contributed by atoms with van der Waals surface area (Å²) in [5.41, 5.74) is 1.24. The van der Waals surface area contributed by atoms with E-state index in [1.165, 1.54) is 6.07 Å². The van der Waals surface area contributed by atoms with Crippen molar-refractivity contribution in [3.8, 4) is 0 Å². The molecule has 1 aromatic heterocycles. The number of anilines is 1. The van der Waals surface area contributed by atoms with Crippen LogP contribution in [0.2, 0.25) is 0 Å². The van der Waals surface area contributed by atoms with Crippen LogP contribution in [0.5, 0.6) is 0 Å². The summed E-state index contributed by atoms with van der Waals surface area (Å²) in [6.45, 7) is 8.20. The Morgan fingerprint density at radius 2 is 1.79 bits per heavy atom. The first kappa shape index (κ1) is 23.6. The van der Waals surface area contributed by atoms with Crippen molar-refractivity contribution in [1.29, 1.82) is 0 Å². The molecule has 0 bridgehead atoms.